The van der Waals surface area contributed by atoms with Crippen molar-refractivity contribution < 1.29 is 29.3 Å². The van der Waals surface area contributed by atoms with E-state index < -0.39 is 28.8 Å². The topological polar surface area (TPSA) is 105 Å². The number of fused-ring (bicyclic) bond motifs is 2. The van der Waals surface area contributed by atoms with Gasteiger partial charge in [0.2, 0.25) is 11.7 Å². The molecule has 180 valence electrons. The fourth-order valence-corrected chi connectivity index (χ4v) is 8.20. The molecule has 3 N–H and O–H groups in total. The van der Waals surface area contributed by atoms with Crippen LogP contribution in [0.4, 0.5) is 0 Å². The fourth-order valence-electron chi connectivity index (χ4n) is 8.20. The van der Waals surface area contributed by atoms with E-state index in [2.05, 4.69) is 44.5 Å². The monoisotopic (exact) mass is 457 g/mol. The number of aliphatic hydroxyl groups is 2. The van der Waals surface area contributed by atoms with Gasteiger partial charge in [0.15, 0.2) is 5.78 Å². The molecule has 2 heterocycles. The summed E-state index contributed by atoms with van der Waals surface area (Å²) < 4.78 is 12.7. The first-order valence-corrected chi connectivity index (χ1v) is 12.0. The van der Waals surface area contributed by atoms with Crippen LogP contribution >= 0.6 is 0 Å². The Balaban J connectivity index is 1.61. The van der Waals surface area contributed by atoms with Gasteiger partial charge in [-0.05, 0) is 36.2 Å². The van der Waals surface area contributed by atoms with Gasteiger partial charge in [0, 0.05) is 23.8 Å². The predicted octanol–water partition coefficient (Wildman–Crippen LogP) is 1.90. The van der Waals surface area contributed by atoms with Crippen molar-refractivity contribution in [2.24, 2.45) is 34.0 Å². The first-order chi connectivity index (χ1) is 15.6. The third-order valence-corrected chi connectivity index (χ3v) is 9.33. The number of nitrogens with one attached hydrogen (secondary N) is 1. The summed E-state index contributed by atoms with van der Waals surface area (Å²) >= 11 is 0. The molecule has 0 aromatic carbocycles. The Bertz CT molecular complexity index is 941. The Morgan fingerprint density at radius 3 is 2.82 bits per heavy atom. The molecule has 33 heavy (non-hydrogen) atoms. The molecule has 2 saturated heterocycles. The van der Waals surface area contributed by atoms with E-state index >= 15 is 0 Å². The van der Waals surface area contributed by atoms with Crippen molar-refractivity contribution in [2.45, 2.75) is 57.5 Å². The normalized spacial score (nSPS) is 46.6. The zero-order chi connectivity index (χ0) is 23.8. The molecule has 1 amide bonds. The molecule has 0 aromatic heterocycles. The Kier molecular flexibility index (Phi) is 5.11. The summed E-state index contributed by atoms with van der Waals surface area (Å²) in [5.74, 6) is -3.02. The van der Waals surface area contributed by atoms with Gasteiger partial charge in [0.1, 0.15) is 11.5 Å². The average Bonchev–Trinajstić information content (AvgIpc) is 2.87. The maximum atomic E-state index is 13.9. The highest BCUT2D eigenvalue weighted by molar-refractivity contribution is 6.05. The molecular formula is C26H35NO6. The molecule has 4 bridgehead atoms. The molecular weight excluding hydrogens is 422 g/mol. The van der Waals surface area contributed by atoms with Gasteiger partial charge in [-0.1, -0.05) is 38.7 Å². The molecule has 0 radical (unpaired) electrons. The van der Waals surface area contributed by atoms with Crippen LogP contribution in [-0.2, 0) is 19.1 Å². The van der Waals surface area contributed by atoms with Crippen molar-refractivity contribution >= 4 is 11.7 Å². The number of Topliss-reactive ketones (excluding diaryl/α,β-unsaturated/α-hetero) is 1. The van der Waals surface area contributed by atoms with E-state index in [0.717, 1.165) is 12.8 Å². The quantitative estimate of drug-likeness (QED) is 0.416. The third-order valence-electron chi connectivity index (χ3n) is 9.33. The largest absolute Gasteiger partial charge is 0.391 e. The van der Waals surface area contributed by atoms with Crippen molar-refractivity contribution in [3.63, 3.8) is 0 Å². The van der Waals surface area contributed by atoms with Gasteiger partial charge in [-0.3, -0.25) is 9.59 Å². The molecule has 5 fully saturated rings. The zero-order valence-corrected chi connectivity index (χ0v) is 19.5. The number of ketones is 1. The van der Waals surface area contributed by atoms with E-state index in [-0.39, 0.29) is 47.9 Å². The average molecular weight is 458 g/mol. The molecule has 6 rings (SSSR count). The number of ether oxygens (including phenoxy) is 2. The highest BCUT2D eigenvalue weighted by atomic mass is 16.7. The van der Waals surface area contributed by atoms with Crippen LogP contribution < -0.4 is 5.32 Å². The van der Waals surface area contributed by atoms with E-state index in [1.54, 1.807) is 6.08 Å². The highest BCUT2D eigenvalue weighted by Crippen LogP contribution is 2.76. The molecule has 0 aromatic rings. The summed E-state index contributed by atoms with van der Waals surface area (Å²) in [6, 6.07) is 0. The molecule has 7 heteroatoms. The van der Waals surface area contributed by atoms with Crippen LogP contribution in [0.3, 0.4) is 0 Å². The second-order valence-electron chi connectivity index (χ2n) is 11.2. The van der Waals surface area contributed by atoms with E-state index in [1.165, 1.54) is 0 Å². The summed E-state index contributed by atoms with van der Waals surface area (Å²) in [6.45, 7) is 12.5. The van der Waals surface area contributed by atoms with E-state index in [9.17, 15) is 19.8 Å². The van der Waals surface area contributed by atoms with E-state index in [4.69, 9.17) is 9.47 Å². The molecule has 4 aliphatic carbocycles. The Morgan fingerprint density at radius 1 is 1.33 bits per heavy atom. The summed E-state index contributed by atoms with van der Waals surface area (Å²) in [4.78, 5) is 26.1. The maximum Gasteiger partial charge on any atom is 0.222 e. The van der Waals surface area contributed by atoms with Crippen LogP contribution in [0.1, 0.15) is 39.5 Å². The van der Waals surface area contributed by atoms with Gasteiger partial charge < -0.3 is 25.0 Å². The van der Waals surface area contributed by atoms with E-state index in [0.29, 0.717) is 25.1 Å². The minimum atomic E-state index is -1.72. The molecule has 6 aliphatic rings. The Labute approximate surface area is 194 Å². The van der Waals surface area contributed by atoms with Gasteiger partial charge in [-0.25, -0.2) is 0 Å². The predicted molar refractivity (Wildman–Crippen MR) is 121 cm³/mol. The number of carbonyl (C=O) groups excluding carboxylic acids is 2. The van der Waals surface area contributed by atoms with Crippen LogP contribution in [0.2, 0.25) is 0 Å². The van der Waals surface area contributed by atoms with Gasteiger partial charge in [-0.15, -0.1) is 6.58 Å². The molecule has 3 saturated carbocycles. The number of rotatable bonds is 6. The second kappa shape index (κ2) is 7.35. The lowest BCUT2D eigenvalue weighted by molar-refractivity contribution is -0.447. The van der Waals surface area contributed by atoms with Gasteiger partial charge >= 0.3 is 0 Å². The van der Waals surface area contributed by atoms with Crippen LogP contribution in [-0.4, -0.2) is 59.7 Å². The lowest BCUT2D eigenvalue weighted by Gasteiger charge is -2.73. The molecule has 7 nitrogen and oxygen atoms in total. The minimum absolute atomic E-state index is 0.0400. The molecule has 2 aliphatic heterocycles. The van der Waals surface area contributed by atoms with Crippen LogP contribution in [0, 0.1) is 34.0 Å². The van der Waals surface area contributed by atoms with Crippen molar-refractivity contribution in [1.82, 2.24) is 5.32 Å². The number of hydrogen-bond donors (Lipinski definition) is 3. The zero-order valence-electron chi connectivity index (χ0n) is 19.5. The third kappa shape index (κ3) is 2.60. The summed E-state index contributed by atoms with van der Waals surface area (Å²) in [6.07, 6.45) is 5.92. The lowest BCUT2D eigenvalue weighted by Crippen LogP contribution is -2.83. The van der Waals surface area contributed by atoms with Crippen molar-refractivity contribution in [3.05, 3.63) is 37.0 Å². The van der Waals surface area contributed by atoms with Crippen LogP contribution in [0.15, 0.2) is 37.0 Å². The van der Waals surface area contributed by atoms with Crippen molar-refractivity contribution in [2.75, 3.05) is 19.8 Å². The summed E-state index contributed by atoms with van der Waals surface area (Å²) in [5.41, 5.74) is -1.86. The number of hydrogen-bond acceptors (Lipinski definition) is 6. The van der Waals surface area contributed by atoms with Crippen molar-refractivity contribution in [1.29, 1.82) is 0 Å². The molecule has 0 unspecified atom stereocenters. The fraction of sp³-hybridized carbons (Fsp3) is 0.692. The van der Waals surface area contributed by atoms with Crippen molar-refractivity contribution in [3.8, 4) is 0 Å². The number of allylic oxidation sites excluding steroid dienone is 1. The van der Waals surface area contributed by atoms with Crippen LogP contribution in [0.25, 0.3) is 0 Å². The number of carbonyl (C=O) groups is 2. The minimum Gasteiger partial charge on any atom is -0.391 e. The number of amides is 1. The maximum absolute atomic E-state index is 13.9. The smallest absolute Gasteiger partial charge is 0.222 e. The molecule has 8 atom stereocenters. The molecule has 2 spiro atoms. The van der Waals surface area contributed by atoms with Crippen LogP contribution in [0.5, 0.6) is 0 Å². The highest BCUT2D eigenvalue weighted by Gasteiger charge is 2.86. The SMILES string of the molecule is C=CCNC(=O)CCO[C@@]12OC[C@]3(C=CCC(C)(C)[C@H]3[C@@H]1O)[C@@H]1CC[C@H]3C(=C)C(=O)[C@]12[C@@H]3O. The number of aliphatic hydroxyl groups excluding tert-OH is 2. The summed E-state index contributed by atoms with van der Waals surface area (Å²) in [5, 5.41) is 26.3. The van der Waals surface area contributed by atoms with Gasteiger partial charge in [-0.2, -0.15) is 0 Å². The Morgan fingerprint density at radius 2 is 2.09 bits per heavy atom. The summed E-state index contributed by atoms with van der Waals surface area (Å²) in [7, 11) is 0. The first kappa shape index (κ1) is 23.0. The second-order valence-corrected chi connectivity index (χ2v) is 11.2. The van der Waals surface area contributed by atoms with Gasteiger partial charge in [0.25, 0.3) is 0 Å². The Hall–Kier alpha value is -1.80. The standard InChI is InChI=1S/C26H35NO6/c1-5-12-27-18(28)9-13-32-26-22(31)19-23(3,4)10-6-11-24(19,14-33-26)17-8-7-16-15(2)20(29)25(17,26)21(16)30/h5-6,11,16-17,19,21-22,30-31H,1-2,7-10,12-14H2,3-4H3,(H,27,28)/t16-,17-,19+,21+,22-,24+,25-,26+/m0/s1. The van der Waals surface area contributed by atoms with Gasteiger partial charge in [0.05, 0.1) is 25.7 Å². The van der Waals surface area contributed by atoms with E-state index in [1.807, 2.05) is 0 Å². The lowest BCUT2D eigenvalue weighted by atomic mass is 9.37. The first-order valence-electron chi connectivity index (χ1n) is 12.0.